The SMILES string of the molecule is CCNC(=NCc1cccnc1N1CCOCC1)N1CCC(c2ccc(OC)cc2)C1. The molecule has 1 aromatic heterocycles. The van der Waals surface area contributed by atoms with Gasteiger partial charge in [-0.05, 0) is 37.1 Å². The van der Waals surface area contributed by atoms with E-state index in [1.54, 1.807) is 7.11 Å². The Kier molecular flexibility index (Phi) is 7.25. The highest BCUT2D eigenvalue weighted by Crippen LogP contribution is 2.28. The minimum Gasteiger partial charge on any atom is -0.497 e. The topological polar surface area (TPSA) is 62.2 Å². The molecule has 7 heteroatoms. The monoisotopic (exact) mass is 423 g/mol. The van der Waals surface area contributed by atoms with E-state index in [9.17, 15) is 0 Å². The normalized spacial score (nSPS) is 19.5. The molecule has 4 rings (SSSR count). The molecular weight excluding hydrogens is 390 g/mol. The van der Waals surface area contributed by atoms with Crippen molar-refractivity contribution in [1.82, 2.24) is 15.2 Å². The summed E-state index contributed by atoms with van der Waals surface area (Å²) >= 11 is 0. The summed E-state index contributed by atoms with van der Waals surface area (Å²) in [5.41, 5.74) is 2.52. The second-order valence-corrected chi connectivity index (χ2v) is 7.96. The molecule has 3 heterocycles. The maximum Gasteiger partial charge on any atom is 0.194 e. The molecule has 2 aliphatic rings. The van der Waals surface area contributed by atoms with Crippen LogP contribution in [-0.2, 0) is 11.3 Å². The summed E-state index contributed by atoms with van der Waals surface area (Å²) in [6.45, 7) is 8.83. The highest BCUT2D eigenvalue weighted by Gasteiger charge is 2.26. The zero-order valence-corrected chi connectivity index (χ0v) is 18.6. The van der Waals surface area contributed by atoms with Gasteiger partial charge in [-0.1, -0.05) is 18.2 Å². The van der Waals surface area contributed by atoms with E-state index in [1.807, 2.05) is 24.4 Å². The van der Waals surface area contributed by atoms with Gasteiger partial charge >= 0.3 is 0 Å². The molecule has 1 atom stereocenters. The van der Waals surface area contributed by atoms with Crippen molar-refractivity contribution in [1.29, 1.82) is 0 Å². The Labute approximate surface area is 185 Å². The van der Waals surface area contributed by atoms with E-state index in [4.69, 9.17) is 14.5 Å². The van der Waals surface area contributed by atoms with Crippen LogP contribution in [0.4, 0.5) is 5.82 Å². The predicted molar refractivity (Wildman–Crippen MR) is 124 cm³/mol. The minimum absolute atomic E-state index is 0.511. The fourth-order valence-corrected chi connectivity index (χ4v) is 4.30. The Hall–Kier alpha value is -2.80. The zero-order chi connectivity index (χ0) is 21.5. The lowest BCUT2D eigenvalue weighted by molar-refractivity contribution is 0.122. The Balaban J connectivity index is 1.45. The van der Waals surface area contributed by atoms with Crippen LogP contribution in [0.25, 0.3) is 0 Å². The first kappa shape index (κ1) is 21.4. The first-order chi connectivity index (χ1) is 15.3. The van der Waals surface area contributed by atoms with Gasteiger partial charge in [0.15, 0.2) is 5.96 Å². The molecule has 2 fully saturated rings. The average molecular weight is 424 g/mol. The first-order valence-corrected chi connectivity index (χ1v) is 11.2. The number of likely N-dealkylation sites (tertiary alicyclic amines) is 1. The van der Waals surface area contributed by atoms with E-state index in [-0.39, 0.29) is 0 Å². The molecule has 31 heavy (non-hydrogen) atoms. The first-order valence-electron chi connectivity index (χ1n) is 11.2. The lowest BCUT2D eigenvalue weighted by atomic mass is 9.98. The molecule has 2 aliphatic heterocycles. The van der Waals surface area contributed by atoms with Crippen molar-refractivity contribution in [3.05, 3.63) is 53.7 Å². The lowest BCUT2D eigenvalue weighted by Crippen LogP contribution is -2.40. The smallest absolute Gasteiger partial charge is 0.194 e. The third kappa shape index (κ3) is 5.28. The van der Waals surface area contributed by atoms with Crippen molar-refractivity contribution >= 4 is 11.8 Å². The summed E-state index contributed by atoms with van der Waals surface area (Å²) < 4.78 is 10.8. The number of ether oxygens (including phenoxy) is 2. The van der Waals surface area contributed by atoms with Gasteiger partial charge in [0.1, 0.15) is 11.6 Å². The second kappa shape index (κ2) is 10.5. The molecule has 2 aromatic rings. The summed E-state index contributed by atoms with van der Waals surface area (Å²) in [6.07, 6.45) is 2.99. The van der Waals surface area contributed by atoms with Crippen LogP contribution in [0.15, 0.2) is 47.6 Å². The number of methoxy groups -OCH3 is 1. The Bertz CT molecular complexity index is 865. The molecule has 1 unspecified atom stereocenters. The summed E-state index contributed by atoms with van der Waals surface area (Å²) in [5.74, 6) is 3.43. The van der Waals surface area contributed by atoms with Crippen molar-refractivity contribution < 1.29 is 9.47 Å². The van der Waals surface area contributed by atoms with Crippen molar-refractivity contribution in [3.8, 4) is 5.75 Å². The fraction of sp³-hybridized carbons (Fsp3) is 0.500. The van der Waals surface area contributed by atoms with Crippen LogP contribution in [0.5, 0.6) is 5.75 Å². The highest BCUT2D eigenvalue weighted by atomic mass is 16.5. The third-order valence-electron chi connectivity index (χ3n) is 5.99. The number of rotatable bonds is 6. The average Bonchev–Trinajstić information content (AvgIpc) is 3.33. The number of aliphatic imine (C=N–C) groups is 1. The number of hydrogen-bond acceptors (Lipinski definition) is 5. The number of benzene rings is 1. The molecule has 0 amide bonds. The van der Waals surface area contributed by atoms with Crippen LogP contribution < -0.4 is 15.0 Å². The number of nitrogens with one attached hydrogen (secondary N) is 1. The van der Waals surface area contributed by atoms with Crippen LogP contribution in [-0.4, -0.2) is 68.9 Å². The van der Waals surface area contributed by atoms with Crippen molar-refractivity contribution in [2.75, 3.05) is 57.9 Å². The maximum absolute atomic E-state index is 5.50. The van der Waals surface area contributed by atoms with Gasteiger partial charge in [-0.3, -0.25) is 0 Å². The number of guanidine groups is 1. The van der Waals surface area contributed by atoms with Crippen molar-refractivity contribution in [2.45, 2.75) is 25.8 Å². The van der Waals surface area contributed by atoms with Crippen molar-refractivity contribution in [2.24, 2.45) is 4.99 Å². The molecule has 1 N–H and O–H groups in total. The molecule has 1 aromatic carbocycles. The standard InChI is InChI=1S/C24H33N5O2/c1-3-25-24(29-12-10-21(18-29)19-6-8-22(30-2)9-7-19)27-17-20-5-4-11-26-23(20)28-13-15-31-16-14-28/h4-9,11,21H,3,10,12-18H2,1-2H3,(H,25,27). The molecule has 2 saturated heterocycles. The quantitative estimate of drug-likeness (QED) is 0.570. The molecule has 0 radical (unpaired) electrons. The molecule has 0 saturated carbocycles. The van der Waals surface area contributed by atoms with Gasteiger partial charge in [0.2, 0.25) is 0 Å². The van der Waals surface area contributed by atoms with Crippen LogP contribution >= 0.6 is 0 Å². The predicted octanol–water partition coefficient (Wildman–Crippen LogP) is 2.88. The van der Waals surface area contributed by atoms with Crippen LogP contribution in [0.2, 0.25) is 0 Å². The number of hydrogen-bond donors (Lipinski definition) is 1. The van der Waals surface area contributed by atoms with E-state index in [2.05, 4.69) is 45.2 Å². The third-order valence-corrected chi connectivity index (χ3v) is 5.99. The van der Waals surface area contributed by atoms with Crippen molar-refractivity contribution in [3.63, 3.8) is 0 Å². The van der Waals surface area contributed by atoms with E-state index in [0.717, 1.165) is 75.4 Å². The van der Waals surface area contributed by atoms with Gasteiger partial charge in [-0.2, -0.15) is 0 Å². The zero-order valence-electron chi connectivity index (χ0n) is 18.6. The van der Waals surface area contributed by atoms with Gasteiger partial charge in [0.25, 0.3) is 0 Å². The molecular formula is C24H33N5O2. The van der Waals surface area contributed by atoms with E-state index >= 15 is 0 Å². The summed E-state index contributed by atoms with van der Waals surface area (Å²) in [4.78, 5) is 14.3. The largest absolute Gasteiger partial charge is 0.497 e. The number of morpholine rings is 1. The number of aromatic nitrogens is 1. The molecule has 0 aliphatic carbocycles. The van der Waals surface area contributed by atoms with Gasteiger partial charge in [-0.15, -0.1) is 0 Å². The Morgan fingerprint density at radius 3 is 2.74 bits per heavy atom. The minimum atomic E-state index is 0.511. The van der Waals surface area contributed by atoms with Gasteiger partial charge < -0.3 is 24.6 Å². The second-order valence-electron chi connectivity index (χ2n) is 7.96. The van der Waals surface area contributed by atoms with Gasteiger partial charge in [0.05, 0.1) is 26.9 Å². The van der Waals surface area contributed by atoms with E-state index in [0.29, 0.717) is 12.5 Å². The lowest BCUT2D eigenvalue weighted by Gasteiger charge is -2.29. The number of anilines is 1. The molecule has 0 spiro atoms. The maximum atomic E-state index is 5.50. The fourth-order valence-electron chi connectivity index (χ4n) is 4.30. The molecule has 166 valence electrons. The van der Waals surface area contributed by atoms with E-state index < -0.39 is 0 Å². The van der Waals surface area contributed by atoms with Crippen LogP contribution in [0.3, 0.4) is 0 Å². The Morgan fingerprint density at radius 1 is 1.19 bits per heavy atom. The van der Waals surface area contributed by atoms with Gasteiger partial charge in [-0.25, -0.2) is 9.98 Å². The Morgan fingerprint density at radius 2 is 2.00 bits per heavy atom. The van der Waals surface area contributed by atoms with E-state index in [1.165, 1.54) is 5.56 Å². The number of pyridine rings is 1. The van der Waals surface area contributed by atoms with Gasteiger partial charge in [0, 0.05) is 50.4 Å². The summed E-state index contributed by atoms with van der Waals surface area (Å²) in [6, 6.07) is 12.6. The highest BCUT2D eigenvalue weighted by molar-refractivity contribution is 5.80. The van der Waals surface area contributed by atoms with Crippen LogP contribution in [0.1, 0.15) is 30.4 Å². The summed E-state index contributed by atoms with van der Waals surface area (Å²) in [7, 11) is 1.71. The number of nitrogens with zero attached hydrogens (tertiary/aromatic N) is 4. The van der Waals surface area contributed by atoms with Crippen LogP contribution in [0, 0.1) is 0 Å². The molecule has 7 nitrogen and oxygen atoms in total. The molecule has 0 bridgehead atoms. The summed E-state index contributed by atoms with van der Waals surface area (Å²) in [5, 5.41) is 3.49.